The van der Waals surface area contributed by atoms with Gasteiger partial charge in [-0.25, -0.2) is 4.98 Å². The number of pyridine rings is 1. The third kappa shape index (κ3) is 6.36. The molecule has 1 aromatic carbocycles. The molecule has 2 rings (SSSR count). The third-order valence-electron chi connectivity index (χ3n) is 4.30. The first kappa shape index (κ1) is 20.4. The number of benzene rings is 1. The van der Waals surface area contributed by atoms with Crippen LogP contribution < -0.4 is 16.2 Å². The zero-order chi connectivity index (χ0) is 19.8. The summed E-state index contributed by atoms with van der Waals surface area (Å²) in [5, 5.41) is 8.23. The van der Waals surface area contributed by atoms with Gasteiger partial charge < -0.3 is 16.2 Å². The van der Waals surface area contributed by atoms with Gasteiger partial charge in [0.05, 0.1) is 0 Å². The number of hydrogen-bond donors (Lipinski definition) is 2. The Labute approximate surface area is 159 Å². The number of azo groups is 1. The van der Waals surface area contributed by atoms with Crippen molar-refractivity contribution in [1.29, 1.82) is 0 Å². The van der Waals surface area contributed by atoms with Crippen LogP contribution in [-0.2, 0) is 4.79 Å². The van der Waals surface area contributed by atoms with E-state index in [9.17, 15) is 4.79 Å². The average molecular weight is 369 g/mol. The summed E-state index contributed by atoms with van der Waals surface area (Å²) in [5.41, 5.74) is 12.2. The summed E-state index contributed by atoms with van der Waals surface area (Å²) < 4.78 is 5.51. The minimum atomic E-state index is -0.276. The number of hydrogen-bond acceptors (Lipinski definition) is 7. The first-order chi connectivity index (χ1) is 12.9. The van der Waals surface area contributed by atoms with Crippen molar-refractivity contribution >= 4 is 29.0 Å². The van der Waals surface area contributed by atoms with Crippen molar-refractivity contribution in [2.75, 3.05) is 11.5 Å². The highest BCUT2D eigenvalue weighted by atomic mass is 16.5. The highest BCUT2D eigenvalue weighted by Crippen LogP contribution is 2.31. The van der Waals surface area contributed by atoms with Crippen LogP contribution in [0.5, 0.6) is 5.75 Å². The van der Waals surface area contributed by atoms with Crippen molar-refractivity contribution in [3.05, 3.63) is 36.4 Å². The summed E-state index contributed by atoms with van der Waals surface area (Å²) in [7, 11) is 0. The van der Waals surface area contributed by atoms with Crippen LogP contribution in [0.3, 0.4) is 0 Å². The van der Waals surface area contributed by atoms with Gasteiger partial charge in [0.1, 0.15) is 17.2 Å². The molecule has 4 N–H and O–H groups in total. The van der Waals surface area contributed by atoms with Crippen molar-refractivity contribution in [3.63, 3.8) is 0 Å². The molecule has 0 radical (unpaired) electrons. The minimum absolute atomic E-state index is 0.187. The molecular formula is C20H27N5O2. The topological polar surface area (TPSA) is 116 Å². The minimum Gasteiger partial charge on any atom is -0.424 e. The molecule has 0 saturated heterocycles. The number of para-hydroxylation sites is 1. The quantitative estimate of drug-likeness (QED) is 0.384. The van der Waals surface area contributed by atoms with Gasteiger partial charge in [0.15, 0.2) is 11.6 Å². The fourth-order valence-electron chi connectivity index (χ4n) is 2.69. The van der Waals surface area contributed by atoms with Crippen molar-refractivity contribution in [1.82, 2.24) is 4.98 Å². The molecule has 0 spiro atoms. The number of ether oxygens (including phenoxy) is 1. The summed E-state index contributed by atoms with van der Waals surface area (Å²) >= 11 is 0. The van der Waals surface area contributed by atoms with Gasteiger partial charge >= 0.3 is 5.97 Å². The summed E-state index contributed by atoms with van der Waals surface area (Å²) in [4.78, 5) is 16.2. The van der Waals surface area contributed by atoms with Gasteiger partial charge in [-0.3, -0.25) is 4.79 Å². The van der Waals surface area contributed by atoms with Crippen LogP contribution in [0.1, 0.15) is 40.0 Å². The van der Waals surface area contributed by atoms with Gasteiger partial charge in [-0.1, -0.05) is 39.3 Å². The second kappa shape index (κ2) is 9.66. The maximum Gasteiger partial charge on any atom is 0.311 e. The number of esters is 1. The summed E-state index contributed by atoms with van der Waals surface area (Å²) in [6, 6.07) is 10.2. The fraction of sp³-hybridized carbons (Fsp3) is 0.400. The molecule has 0 aliphatic heterocycles. The zero-order valence-corrected chi connectivity index (χ0v) is 16.1. The van der Waals surface area contributed by atoms with Gasteiger partial charge in [0.2, 0.25) is 0 Å². The number of nitrogens with two attached hydrogens (primary N) is 2. The molecular weight excluding hydrogens is 342 g/mol. The number of carbonyl (C=O) groups is 1. The van der Waals surface area contributed by atoms with Crippen LogP contribution >= 0.6 is 0 Å². The van der Waals surface area contributed by atoms with E-state index in [1.807, 2.05) is 0 Å². The van der Waals surface area contributed by atoms with E-state index in [-0.39, 0.29) is 17.7 Å². The largest absolute Gasteiger partial charge is 0.424 e. The van der Waals surface area contributed by atoms with Gasteiger partial charge in [-0.15, -0.1) is 10.2 Å². The number of nitrogen functional groups attached to an aromatic ring is 2. The number of anilines is 2. The average Bonchev–Trinajstić information content (AvgIpc) is 2.61. The van der Waals surface area contributed by atoms with Crippen LogP contribution in [0.2, 0.25) is 0 Å². The standard InChI is InChI=1S/C20H27N5O2/c1-4-13(2)11-14(3)12-19(26)27-17-8-6-5-7-15(17)24-25-16-9-10-18(21)23-20(16)22/h5-10,13-14H,4,11-12H2,1-3H3,(H4,21,22,23)/b25-24+. The van der Waals surface area contributed by atoms with Crippen molar-refractivity contribution in [2.24, 2.45) is 22.1 Å². The van der Waals surface area contributed by atoms with E-state index < -0.39 is 0 Å². The molecule has 27 heavy (non-hydrogen) atoms. The van der Waals surface area contributed by atoms with Gasteiger partial charge in [0.25, 0.3) is 0 Å². The van der Waals surface area contributed by atoms with E-state index in [2.05, 4.69) is 36.0 Å². The normalized spacial score (nSPS) is 13.4. The van der Waals surface area contributed by atoms with E-state index in [4.69, 9.17) is 16.2 Å². The lowest BCUT2D eigenvalue weighted by Gasteiger charge is -2.15. The first-order valence-corrected chi connectivity index (χ1v) is 9.12. The van der Waals surface area contributed by atoms with Crippen LogP contribution in [-0.4, -0.2) is 11.0 Å². The van der Waals surface area contributed by atoms with E-state index in [0.29, 0.717) is 35.3 Å². The number of rotatable bonds is 8. The Morgan fingerprint density at radius 2 is 1.78 bits per heavy atom. The molecule has 2 unspecified atom stereocenters. The Hall–Kier alpha value is -2.96. The van der Waals surface area contributed by atoms with E-state index in [1.54, 1.807) is 36.4 Å². The molecule has 1 aromatic heterocycles. The van der Waals surface area contributed by atoms with E-state index in [1.165, 1.54) is 0 Å². The summed E-state index contributed by atoms with van der Waals surface area (Å²) in [6.07, 6.45) is 2.47. The SMILES string of the molecule is CCC(C)CC(C)CC(=O)Oc1ccccc1/N=N/c1ccc(N)nc1N. The molecule has 1 heterocycles. The Bertz CT molecular complexity index is 807. The van der Waals surface area contributed by atoms with Gasteiger partial charge in [-0.05, 0) is 42.5 Å². The lowest BCUT2D eigenvalue weighted by atomic mass is 9.93. The molecule has 2 atom stereocenters. The Morgan fingerprint density at radius 3 is 2.48 bits per heavy atom. The molecule has 0 saturated carbocycles. The highest BCUT2D eigenvalue weighted by Gasteiger charge is 2.15. The van der Waals surface area contributed by atoms with E-state index in [0.717, 1.165) is 12.8 Å². The van der Waals surface area contributed by atoms with Gasteiger partial charge in [-0.2, -0.15) is 0 Å². The molecule has 0 amide bonds. The lowest BCUT2D eigenvalue weighted by Crippen LogP contribution is -2.14. The molecule has 7 heteroatoms. The second-order valence-electron chi connectivity index (χ2n) is 6.84. The van der Waals surface area contributed by atoms with Crippen LogP contribution in [0, 0.1) is 11.8 Å². The van der Waals surface area contributed by atoms with Crippen LogP contribution in [0.15, 0.2) is 46.6 Å². The molecule has 7 nitrogen and oxygen atoms in total. The monoisotopic (exact) mass is 369 g/mol. The second-order valence-corrected chi connectivity index (χ2v) is 6.84. The Kier molecular flexibility index (Phi) is 7.28. The summed E-state index contributed by atoms with van der Waals surface area (Å²) in [5.74, 6) is 1.44. The zero-order valence-electron chi connectivity index (χ0n) is 16.1. The van der Waals surface area contributed by atoms with Gasteiger partial charge in [0, 0.05) is 6.42 Å². The number of carbonyl (C=O) groups excluding carboxylic acids is 1. The molecule has 0 bridgehead atoms. The van der Waals surface area contributed by atoms with Crippen LogP contribution in [0.4, 0.5) is 23.0 Å². The van der Waals surface area contributed by atoms with Crippen molar-refractivity contribution in [3.8, 4) is 5.75 Å². The fourth-order valence-corrected chi connectivity index (χ4v) is 2.69. The number of nitrogens with zero attached hydrogens (tertiary/aromatic N) is 3. The maximum absolute atomic E-state index is 12.3. The molecule has 0 aliphatic carbocycles. The lowest BCUT2D eigenvalue weighted by molar-refractivity contribution is -0.135. The Morgan fingerprint density at radius 1 is 1.07 bits per heavy atom. The first-order valence-electron chi connectivity index (χ1n) is 9.12. The molecule has 2 aromatic rings. The smallest absolute Gasteiger partial charge is 0.311 e. The summed E-state index contributed by atoms with van der Waals surface area (Å²) in [6.45, 7) is 6.41. The molecule has 0 aliphatic rings. The van der Waals surface area contributed by atoms with Crippen molar-refractivity contribution in [2.45, 2.75) is 40.0 Å². The predicted molar refractivity (Wildman–Crippen MR) is 107 cm³/mol. The Balaban J connectivity index is 2.06. The van der Waals surface area contributed by atoms with Crippen LogP contribution in [0.25, 0.3) is 0 Å². The molecule has 0 fully saturated rings. The molecule has 144 valence electrons. The van der Waals surface area contributed by atoms with Crippen molar-refractivity contribution < 1.29 is 9.53 Å². The highest BCUT2D eigenvalue weighted by molar-refractivity contribution is 5.74. The maximum atomic E-state index is 12.3. The third-order valence-corrected chi connectivity index (χ3v) is 4.30. The van der Waals surface area contributed by atoms with E-state index >= 15 is 0 Å². The predicted octanol–water partition coefficient (Wildman–Crippen LogP) is 5.03. The number of aromatic nitrogens is 1.